The summed E-state index contributed by atoms with van der Waals surface area (Å²) in [5.41, 5.74) is 1.66. The van der Waals surface area contributed by atoms with Gasteiger partial charge in [-0.25, -0.2) is 0 Å². The molecule has 1 heterocycles. The highest BCUT2D eigenvalue weighted by Gasteiger charge is 2.25. The summed E-state index contributed by atoms with van der Waals surface area (Å²) in [5, 5.41) is 21.3. The van der Waals surface area contributed by atoms with Crippen molar-refractivity contribution in [2.75, 3.05) is 25.0 Å². The fourth-order valence-electron chi connectivity index (χ4n) is 2.46. The van der Waals surface area contributed by atoms with Gasteiger partial charge in [0.15, 0.2) is 0 Å². The normalized spacial score (nSPS) is 22.5. The molecule has 2 atom stereocenters. The van der Waals surface area contributed by atoms with Crippen LogP contribution in [0.2, 0.25) is 0 Å². The zero-order chi connectivity index (χ0) is 15.2. The molecule has 0 spiro atoms. The third kappa shape index (κ3) is 4.55. The first-order chi connectivity index (χ1) is 10.1. The number of hydrogen-bond donors (Lipinski definition) is 2. The molecule has 21 heavy (non-hydrogen) atoms. The molecule has 1 aliphatic rings. The van der Waals surface area contributed by atoms with Gasteiger partial charge in [-0.3, -0.25) is 9.69 Å². The molecule has 1 aromatic rings. The summed E-state index contributed by atoms with van der Waals surface area (Å²) >= 11 is 0. The van der Waals surface area contributed by atoms with Gasteiger partial charge in [-0.1, -0.05) is 19.1 Å². The quantitative estimate of drug-likeness (QED) is 0.877. The van der Waals surface area contributed by atoms with Crippen LogP contribution >= 0.6 is 0 Å². The zero-order valence-corrected chi connectivity index (χ0v) is 12.2. The Kier molecular flexibility index (Phi) is 5.32. The molecule has 112 valence electrons. The first kappa shape index (κ1) is 15.5. The maximum atomic E-state index is 12.0. The first-order valence-corrected chi connectivity index (χ1v) is 7.24. The Labute approximate surface area is 125 Å². The number of carbonyl (C=O) groups is 1. The highest BCUT2D eigenvalue weighted by Crippen LogP contribution is 2.17. The highest BCUT2D eigenvalue weighted by atomic mass is 16.3. The summed E-state index contributed by atoms with van der Waals surface area (Å²) in [6.45, 7) is 3.72. The molecule has 2 rings (SSSR count). The van der Waals surface area contributed by atoms with Crippen molar-refractivity contribution < 1.29 is 9.90 Å². The van der Waals surface area contributed by atoms with E-state index >= 15 is 0 Å². The molecule has 0 aromatic heterocycles. The van der Waals surface area contributed by atoms with E-state index in [0.717, 1.165) is 24.2 Å². The Morgan fingerprint density at radius 1 is 1.48 bits per heavy atom. The molecule has 5 nitrogen and oxygen atoms in total. The molecule has 0 saturated carbocycles. The van der Waals surface area contributed by atoms with E-state index in [0.29, 0.717) is 25.4 Å². The number of nitriles is 1. The number of likely N-dealkylation sites (tertiary alicyclic amines) is 1. The molecule has 0 bridgehead atoms. The van der Waals surface area contributed by atoms with Crippen LogP contribution in [0.25, 0.3) is 0 Å². The van der Waals surface area contributed by atoms with Crippen molar-refractivity contribution in [3.05, 3.63) is 29.8 Å². The Morgan fingerprint density at radius 2 is 2.19 bits per heavy atom. The van der Waals surface area contributed by atoms with Crippen LogP contribution in [0.1, 0.15) is 18.9 Å². The van der Waals surface area contributed by atoms with Crippen LogP contribution in [-0.4, -0.2) is 41.7 Å². The number of carbonyl (C=O) groups excluding carboxylic acids is 1. The molecular weight excluding hydrogens is 266 g/mol. The summed E-state index contributed by atoms with van der Waals surface area (Å²) in [4.78, 5) is 14.0. The molecule has 2 unspecified atom stereocenters. The Balaban J connectivity index is 1.83. The zero-order valence-electron chi connectivity index (χ0n) is 12.2. The number of hydrogen-bond acceptors (Lipinski definition) is 4. The maximum Gasteiger partial charge on any atom is 0.238 e. The maximum absolute atomic E-state index is 12.0. The van der Waals surface area contributed by atoms with E-state index in [1.165, 1.54) is 0 Å². The van der Waals surface area contributed by atoms with E-state index in [1.54, 1.807) is 12.1 Å². The standard InChI is InChI=1S/C16H21N3O2/c1-12-7-9-19(10-15(12)20)11-16(21)18-14-4-2-13(3-5-14)6-8-17/h2-5,12,15,20H,6-7,9-11H2,1H3,(H,18,21). The molecule has 2 N–H and O–H groups in total. The van der Waals surface area contributed by atoms with Gasteiger partial charge in [0.05, 0.1) is 25.1 Å². The minimum absolute atomic E-state index is 0.0789. The van der Waals surface area contributed by atoms with Crippen LogP contribution in [-0.2, 0) is 11.2 Å². The van der Waals surface area contributed by atoms with E-state index in [9.17, 15) is 9.90 Å². The molecule has 1 fully saturated rings. The summed E-state index contributed by atoms with van der Waals surface area (Å²) in [7, 11) is 0. The van der Waals surface area contributed by atoms with Crippen LogP contribution in [0.4, 0.5) is 5.69 Å². The molecule has 5 heteroatoms. The van der Waals surface area contributed by atoms with Crippen LogP contribution < -0.4 is 5.32 Å². The van der Waals surface area contributed by atoms with Crippen molar-refractivity contribution in [1.29, 1.82) is 5.26 Å². The molecule has 1 saturated heterocycles. The molecule has 0 radical (unpaired) electrons. The van der Waals surface area contributed by atoms with E-state index in [-0.39, 0.29) is 12.0 Å². The lowest BCUT2D eigenvalue weighted by Gasteiger charge is -2.33. The summed E-state index contributed by atoms with van der Waals surface area (Å²) in [5.74, 6) is 0.224. The van der Waals surface area contributed by atoms with Gasteiger partial charge in [-0.15, -0.1) is 0 Å². The highest BCUT2D eigenvalue weighted by molar-refractivity contribution is 5.92. The molecule has 1 amide bonds. The number of amides is 1. The lowest BCUT2D eigenvalue weighted by molar-refractivity contribution is -0.118. The van der Waals surface area contributed by atoms with Crippen LogP contribution in [0.3, 0.4) is 0 Å². The lowest BCUT2D eigenvalue weighted by Crippen LogP contribution is -2.45. The third-order valence-electron chi connectivity index (χ3n) is 3.89. The van der Waals surface area contributed by atoms with Gasteiger partial charge in [-0.05, 0) is 36.6 Å². The number of anilines is 1. The number of β-amino-alcohol motifs (C(OH)–C–C–N with tert-alkyl or cyclic N) is 1. The van der Waals surface area contributed by atoms with Gasteiger partial charge >= 0.3 is 0 Å². The van der Waals surface area contributed by atoms with Gasteiger partial charge in [0, 0.05) is 12.2 Å². The SMILES string of the molecule is CC1CCN(CC(=O)Nc2ccc(CC#N)cc2)CC1O. The van der Waals surface area contributed by atoms with Crippen molar-refractivity contribution in [2.45, 2.75) is 25.9 Å². The van der Waals surface area contributed by atoms with E-state index < -0.39 is 0 Å². The Bertz CT molecular complexity index is 521. The van der Waals surface area contributed by atoms with Crippen molar-refractivity contribution in [2.24, 2.45) is 5.92 Å². The minimum atomic E-state index is -0.350. The van der Waals surface area contributed by atoms with Crippen molar-refractivity contribution in [3.8, 4) is 6.07 Å². The monoisotopic (exact) mass is 287 g/mol. The van der Waals surface area contributed by atoms with Crippen molar-refractivity contribution in [3.63, 3.8) is 0 Å². The fourth-order valence-corrected chi connectivity index (χ4v) is 2.46. The van der Waals surface area contributed by atoms with Crippen LogP contribution in [0, 0.1) is 17.2 Å². The van der Waals surface area contributed by atoms with Gasteiger partial charge in [0.1, 0.15) is 0 Å². The number of aliphatic hydroxyl groups is 1. The van der Waals surface area contributed by atoms with E-state index in [2.05, 4.69) is 11.4 Å². The Hall–Kier alpha value is -1.90. The van der Waals surface area contributed by atoms with Crippen LogP contribution in [0.15, 0.2) is 24.3 Å². The van der Waals surface area contributed by atoms with Crippen molar-refractivity contribution in [1.82, 2.24) is 4.90 Å². The molecule has 1 aliphatic heterocycles. The minimum Gasteiger partial charge on any atom is -0.392 e. The fraction of sp³-hybridized carbons (Fsp3) is 0.500. The average molecular weight is 287 g/mol. The predicted molar refractivity (Wildman–Crippen MR) is 80.6 cm³/mol. The average Bonchev–Trinajstić information content (AvgIpc) is 2.45. The number of rotatable bonds is 4. The molecule has 1 aromatic carbocycles. The first-order valence-electron chi connectivity index (χ1n) is 7.24. The second kappa shape index (κ2) is 7.21. The van der Waals surface area contributed by atoms with Crippen molar-refractivity contribution >= 4 is 11.6 Å². The number of benzene rings is 1. The number of aliphatic hydroxyl groups excluding tert-OH is 1. The van der Waals surface area contributed by atoms with E-state index in [1.807, 2.05) is 24.0 Å². The van der Waals surface area contributed by atoms with Gasteiger partial charge in [-0.2, -0.15) is 5.26 Å². The predicted octanol–water partition coefficient (Wildman–Crippen LogP) is 1.39. The van der Waals surface area contributed by atoms with Gasteiger partial charge in [0.25, 0.3) is 0 Å². The molecular formula is C16H21N3O2. The molecule has 0 aliphatic carbocycles. The van der Waals surface area contributed by atoms with Gasteiger partial charge < -0.3 is 10.4 Å². The summed E-state index contributed by atoms with van der Waals surface area (Å²) in [6, 6.07) is 9.37. The Morgan fingerprint density at radius 3 is 2.81 bits per heavy atom. The number of nitrogens with zero attached hydrogens (tertiary/aromatic N) is 2. The number of piperidine rings is 1. The summed E-state index contributed by atoms with van der Waals surface area (Å²) in [6.07, 6.45) is 0.937. The second-order valence-corrected chi connectivity index (χ2v) is 5.65. The van der Waals surface area contributed by atoms with Crippen LogP contribution in [0.5, 0.6) is 0 Å². The lowest BCUT2D eigenvalue weighted by atomic mass is 9.96. The largest absolute Gasteiger partial charge is 0.392 e. The number of nitrogens with one attached hydrogen (secondary N) is 1. The summed E-state index contributed by atoms with van der Waals surface area (Å²) < 4.78 is 0. The third-order valence-corrected chi connectivity index (χ3v) is 3.89. The second-order valence-electron chi connectivity index (χ2n) is 5.65. The topological polar surface area (TPSA) is 76.4 Å². The van der Waals surface area contributed by atoms with Gasteiger partial charge in [0.2, 0.25) is 5.91 Å². The van der Waals surface area contributed by atoms with E-state index in [4.69, 9.17) is 5.26 Å². The smallest absolute Gasteiger partial charge is 0.238 e.